The number of carbonyl (C=O) groups is 4. The molecule has 0 amide bonds. The lowest BCUT2D eigenvalue weighted by molar-refractivity contribution is -0.120. The van der Waals surface area contributed by atoms with E-state index in [0.29, 0.717) is 11.1 Å². The molecule has 0 saturated carbocycles. The third-order valence-corrected chi connectivity index (χ3v) is 6.86. The molecule has 30 heavy (non-hydrogen) atoms. The van der Waals surface area contributed by atoms with Crippen LogP contribution >= 0.6 is 15.9 Å². The van der Waals surface area contributed by atoms with Gasteiger partial charge in [0.25, 0.3) is 0 Å². The molecule has 6 nitrogen and oxygen atoms in total. The molecular weight excluding hydrogens is 450 g/mol. The molecule has 0 fully saturated rings. The van der Waals surface area contributed by atoms with Gasteiger partial charge >= 0.3 is 0 Å². The lowest BCUT2D eigenvalue weighted by Gasteiger charge is -2.45. The van der Waals surface area contributed by atoms with Crippen molar-refractivity contribution in [2.75, 3.05) is 21.2 Å². The average Bonchev–Trinajstić information content (AvgIpc) is 2.73. The first-order valence-corrected chi connectivity index (χ1v) is 10.2. The fourth-order valence-electron chi connectivity index (χ4n) is 4.97. The van der Waals surface area contributed by atoms with Crippen LogP contribution in [-0.2, 0) is 23.9 Å². The Labute approximate surface area is 180 Å². The number of likely N-dealkylation sites (N-methyl/N-ethyl adjacent to an activating group) is 1. The minimum absolute atomic E-state index is 0.0417. The number of ether oxygens (including phenoxy) is 1. The highest BCUT2D eigenvalue weighted by Crippen LogP contribution is 2.59. The summed E-state index contributed by atoms with van der Waals surface area (Å²) in [7, 11) is 4.72. The maximum Gasteiger partial charge on any atom is 0.226 e. The summed E-state index contributed by atoms with van der Waals surface area (Å²) in [6.45, 7) is 0. The largest absolute Gasteiger partial charge is 0.491 e. The Hall–Kier alpha value is -3.06. The number of rotatable bonds is 2. The third kappa shape index (κ3) is 2.13. The van der Waals surface area contributed by atoms with E-state index in [0.717, 1.165) is 11.1 Å². The molecule has 7 heteroatoms. The number of hydrogen-bond acceptors (Lipinski definition) is 6. The van der Waals surface area contributed by atoms with Crippen molar-refractivity contribution in [3.63, 3.8) is 0 Å². The maximum atomic E-state index is 13.4. The van der Waals surface area contributed by atoms with Gasteiger partial charge in [-0.1, -0.05) is 24.3 Å². The van der Waals surface area contributed by atoms with Crippen molar-refractivity contribution < 1.29 is 23.9 Å². The van der Waals surface area contributed by atoms with Crippen molar-refractivity contribution in [2.45, 2.75) is 11.8 Å². The van der Waals surface area contributed by atoms with Crippen LogP contribution in [0.1, 0.15) is 23.0 Å². The Bertz CT molecular complexity index is 1240. The molecule has 2 atom stereocenters. The van der Waals surface area contributed by atoms with Crippen molar-refractivity contribution in [1.29, 1.82) is 0 Å². The van der Waals surface area contributed by atoms with Gasteiger partial charge in [-0.05, 0) is 27.1 Å². The van der Waals surface area contributed by atoms with Crippen LogP contribution in [0.5, 0.6) is 0 Å². The van der Waals surface area contributed by atoms with Gasteiger partial charge < -0.3 is 9.64 Å². The van der Waals surface area contributed by atoms with E-state index in [1.54, 1.807) is 19.0 Å². The number of ketones is 4. The van der Waals surface area contributed by atoms with Gasteiger partial charge in [-0.3, -0.25) is 19.2 Å². The van der Waals surface area contributed by atoms with Gasteiger partial charge in [0.05, 0.1) is 12.8 Å². The monoisotopic (exact) mass is 465 g/mol. The van der Waals surface area contributed by atoms with Crippen LogP contribution in [0.2, 0.25) is 0 Å². The second-order valence-electron chi connectivity index (χ2n) is 7.77. The molecule has 6 rings (SSSR count). The number of benzene rings is 1. The van der Waals surface area contributed by atoms with Crippen molar-refractivity contribution >= 4 is 39.1 Å². The SMILES string of the molecule is COC1=C(Br)C(=O)C2=C(C1=O)[C@H]1C3=C(C(=O)C=C(N(C)C)C3=O)[C@@H]2c2ccccc21. The summed E-state index contributed by atoms with van der Waals surface area (Å²) in [5, 5.41) is 0. The molecule has 5 aliphatic carbocycles. The Morgan fingerprint density at radius 2 is 1.37 bits per heavy atom. The highest BCUT2D eigenvalue weighted by atomic mass is 79.9. The van der Waals surface area contributed by atoms with Gasteiger partial charge in [0.15, 0.2) is 11.5 Å². The van der Waals surface area contributed by atoms with Crippen LogP contribution in [0.25, 0.3) is 0 Å². The number of allylic oxidation sites excluding steroid dienone is 6. The lowest BCUT2D eigenvalue weighted by atomic mass is 9.56. The molecule has 0 aliphatic heterocycles. The van der Waals surface area contributed by atoms with Crippen molar-refractivity contribution in [3.8, 4) is 0 Å². The molecule has 1 aromatic carbocycles. The van der Waals surface area contributed by atoms with E-state index >= 15 is 0 Å². The van der Waals surface area contributed by atoms with E-state index < -0.39 is 17.6 Å². The van der Waals surface area contributed by atoms with Crippen molar-refractivity contribution in [2.24, 2.45) is 0 Å². The van der Waals surface area contributed by atoms with E-state index in [4.69, 9.17) is 4.74 Å². The number of nitrogens with zero attached hydrogens (tertiary/aromatic N) is 1. The summed E-state index contributed by atoms with van der Waals surface area (Å²) in [5.41, 5.74) is 2.92. The Kier molecular flexibility index (Phi) is 3.92. The molecule has 150 valence electrons. The standard InChI is InChI=1S/C23H16BrNO5/c1-25(2)11-8-12(26)15-13-9-6-4-5-7-10(9)14(16(15)20(11)27)18-17(13)21(28)19(24)23(30-3)22(18)29/h4-8,13-14H,1-3H3/t13-,14+/m0/s1. The number of hydrogen-bond donors (Lipinski definition) is 0. The fourth-order valence-corrected chi connectivity index (χ4v) is 5.52. The molecule has 0 spiro atoms. The zero-order valence-electron chi connectivity index (χ0n) is 16.4. The summed E-state index contributed by atoms with van der Waals surface area (Å²) in [5.74, 6) is -3.03. The summed E-state index contributed by atoms with van der Waals surface area (Å²) in [4.78, 5) is 54.8. The zero-order valence-corrected chi connectivity index (χ0v) is 18.0. The summed E-state index contributed by atoms with van der Waals surface area (Å²) >= 11 is 3.20. The van der Waals surface area contributed by atoms with E-state index in [1.807, 2.05) is 24.3 Å². The Morgan fingerprint density at radius 3 is 1.93 bits per heavy atom. The van der Waals surface area contributed by atoms with Crippen LogP contribution in [0.3, 0.4) is 0 Å². The first kappa shape index (κ1) is 18.9. The summed E-state index contributed by atoms with van der Waals surface area (Å²) in [6, 6.07) is 7.36. The van der Waals surface area contributed by atoms with Gasteiger partial charge in [0, 0.05) is 54.3 Å². The summed E-state index contributed by atoms with van der Waals surface area (Å²) < 4.78 is 5.26. The lowest BCUT2D eigenvalue weighted by Crippen LogP contribution is -2.43. The second-order valence-corrected chi connectivity index (χ2v) is 8.57. The second kappa shape index (κ2) is 6.22. The third-order valence-electron chi connectivity index (χ3n) is 6.14. The fraction of sp³-hybridized carbons (Fsp3) is 0.217. The topological polar surface area (TPSA) is 80.8 Å². The Morgan fingerprint density at radius 1 is 0.833 bits per heavy atom. The van der Waals surface area contributed by atoms with Crippen LogP contribution < -0.4 is 0 Å². The molecular formula is C23H16BrNO5. The molecule has 0 saturated heterocycles. The molecule has 1 aromatic rings. The molecule has 0 heterocycles. The van der Waals surface area contributed by atoms with Gasteiger partial charge in [0.1, 0.15) is 4.48 Å². The van der Waals surface area contributed by atoms with Gasteiger partial charge in [-0.15, -0.1) is 0 Å². The molecule has 0 unspecified atom stereocenters. The molecule has 0 aromatic heterocycles. The molecule has 5 aliphatic rings. The highest BCUT2D eigenvalue weighted by molar-refractivity contribution is 9.12. The quantitative estimate of drug-likeness (QED) is 0.624. The average molecular weight is 466 g/mol. The van der Waals surface area contributed by atoms with E-state index in [2.05, 4.69) is 15.9 Å². The van der Waals surface area contributed by atoms with E-state index in [9.17, 15) is 19.2 Å². The number of Topliss-reactive ketones (excluding diaryl/α,β-unsaturated/α-hetero) is 3. The minimum Gasteiger partial charge on any atom is -0.491 e. The van der Waals surface area contributed by atoms with Gasteiger partial charge in [0.2, 0.25) is 17.3 Å². The van der Waals surface area contributed by atoms with Crippen LogP contribution in [0.4, 0.5) is 0 Å². The van der Waals surface area contributed by atoms with Crippen molar-refractivity contribution in [3.05, 3.63) is 79.7 Å². The van der Waals surface area contributed by atoms with Crippen LogP contribution in [-0.4, -0.2) is 49.2 Å². The predicted octanol–water partition coefficient (Wildman–Crippen LogP) is 2.48. The van der Waals surface area contributed by atoms with E-state index in [-0.39, 0.29) is 44.4 Å². The highest BCUT2D eigenvalue weighted by Gasteiger charge is 2.55. The maximum absolute atomic E-state index is 13.4. The first-order valence-electron chi connectivity index (χ1n) is 9.37. The first-order chi connectivity index (χ1) is 14.3. The summed E-state index contributed by atoms with van der Waals surface area (Å²) in [6.07, 6.45) is 1.32. The van der Waals surface area contributed by atoms with E-state index in [1.165, 1.54) is 13.2 Å². The molecule has 2 bridgehead atoms. The Balaban J connectivity index is 1.82. The number of carbonyl (C=O) groups excluding carboxylic acids is 4. The van der Waals surface area contributed by atoms with Crippen LogP contribution in [0, 0.1) is 0 Å². The zero-order chi connectivity index (χ0) is 21.5. The molecule has 0 radical (unpaired) electrons. The smallest absolute Gasteiger partial charge is 0.226 e. The molecule has 0 N–H and O–H groups in total. The van der Waals surface area contributed by atoms with Gasteiger partial charge in [-0.2, -0.15) is 0 Å². The minimum atomic E-state index is -0.779. The van der Waals surface area contributed by atoms with Crippen molar-refractivity contribution in [1.82, 2.24) is 4.90 Å². The predicted molar refractivity (Wildman–Crippen MR) is 111 cm³/mol. The number of halogens is 1. The normalized spacial score (nSPS) is 24.7. The van der Waals surface area contributed by atoms with Gasteiger partial charge in [-0.25, -0.2) is 0 Å². The number of methoxy groups -OCH3 is 1. The van der Waals surface area contributed by atoms with Crippen LogP contribution in [0.15, 0.2) is 68.6 Å².